The molecule has 36 heteroatoms. The zero-order valence-corrected chi connectivity index (χ0v) is 76.3. The molecule has 0 radical (unpaired) electrons. The van der Waals surface area contributed by atoms with E-state index in [1.165, 1.54) is 24.3 Å². The number of nitrogens with zero attached hydrogens (tertiary/aromatic N) is 3. The van der Waals surface area contributed by atoms with E-state index < -0.39 is 113 Å². The normalized spacial score (nSPS) is 23.4. The van der Waals surface area contributed by atoms with E-state index in [0.717, 1.165) is 45.9 Å². The Morgan fingerprint density at radius 2 is 0.806 bits per heavy atom. The molecule has 3 heterocycles. The number of halogens is 5. The van der Waals surface area contributed by atoms with Gasteiger partial charge in [-0.3, -0.25) is 58.5 Å². The minimum Gasteiger partial charge on any atom is -0.492 e. The molecule has 9 amide bonds. The van der Waals surface area contributed by atoms with Gasteiger partial charge in [-0.05, 0) is 177 Å². The number of benzene rings is 6. The second-order valence-electron chi connectivity index (χ2n) is 34.4. The summed E-state index contributed by atoms with van der Waals surface area (Å²) >= 11 is 6.22. The third-order valence-electron chi connectivity index (χ3n) is 21.4. The highest BCUT2D eigenvalue weighted by molar-refractivity contribution is 6.30. The van der Waals surface area contributed by atoms with Gasteiger partial charge >= 0.3 is 6.18 Å². The van der Waals surface area contributed by atoms with Crippen LogP contribution in [0.4, 0.5) is 17.6 Å². The van der Waals surface area contributed by atoms with Gasteiger partial charge in [0.15, 0.2) is 11.9 Å². The first-order valence-electron chi connectivity index (χ1n) is 43.6. The Balaban J connectivity index is 0.000000265. The Labute approximate surface area is 758 Å². The van der Waals surface area contributed by atoms with E-state index in [1.807, 2.05) is 152 Å². The van der Waals surface area contributed by atoms with Gasteiger partial charge in [-0.15, -0.1) is 0 Å². The number of aliphatic imine (C=N–C) groups is 2. The largest absolute Gasteiger partial charge is 0.492 e. The van der Waals surface area contributed by atoms with Gasteiger partial charge in [0.05, 0.1) is 36.8 Å². The molecule has 704 valence electrons. The molecular formula is C93H130ClF4N19O12. The molecular weight excluding hydrogens is 1690 g/mol. The third-order valence-corrected chi connectivity index (χ3v) is 21.6. The highest BCUT2D eigenvalue weighted by atomic mass is 35.5. The minimum absolute atomic E-state index is 0.00492. The molecule has 0 fully saturated rings. The van der Waals surface area contributed by atoms with Crippen LogP contribution in [-0.4, -0.2) is 217 Å². The predicted octanol–water partition coefficient (Wildman–Crippen LogP) is 4.91. The SMILES string of the molecule is CC(C)[C@H]1NC(=O)[C@@H](Cc2cccc(C(F)(F)F)c2)NCCOc2ccccc2C[C@@H](C)CNC(=O)[C@H](CN=C(N)N)NC1=O.CC(C)[C@H]1NC(=O)[C@@H](Cc2cccc(Cl)c2)N[C@H](C)COc2ccccc2C[C@@H](C)CNC(=O)[C@H](CN=C(N)N)NC1=O.CC(C)[C@H]1NC(=O)[C@@H](Cc2cccc(F)c2)NCCOc2ccccc2C[C@@H](C)CNC(=O)[C@H](CN(C)C)NC1=O. The van der Waals surface area contributed by atoms with Crippen molar-refractivity contribution in [3.63, 3.8) is 0 Å². The van der Waals surface area contributed by atoms with E-state index in [0.29, 0.717) is 88.0 Å². The minimum atomic E-state index is -4.55. The van der Waals surface area contributed by atoms with Crippen molar-refractivity contribution in [2.75, 3.05) is 86.3 Å². The molecule has 3 aliphatic rings. The number of hydrogen-bond donors (Lipinski definition) is 16. The van der Waals surface area contributed by atoms with Gasteiger partial charge in [0.2, 0.25) is 53.2 Å². The van der Waals surface area contributed by atoms with Crippen LogP contribution in [0.1, 0.15) is 108 Å². The van der Waals surface area contributed by atoms with Gasteiger partial charge in [0, 0.05) is 50.3 Å². The quantitative estimate of drug-likeness (QED) is 0.0369. The van der Waals surface area contributed by atoms with E-state index in [1.54, 1.807) is 38.1 Å². The van der Waals surface area contributed by atoms with Crippen LogP contribution in [0.2, 0.25) is 5.02 Å². The Hall–Kier alpha value is -11.7. The number of likely N-dealkylation sites (N-methyl/N-ethyl adjacent to an activating group) is 1. The Bertz CT molecular complexity index is 4730. The number of ether oxygens (including phenoxy) is 3. The van der Waals surface area contributed by atoms with Crippen LogP contribution in [0.25, 0.3) is 0 Å². The summed E-state index contributed by atoms with van der Waals surface area (Å²) in [4.78, 5) is 131. The van der Waals surface area contributed by atoms with Crippen LogP contribution in [0.3, 0.4) is 0 Å². The highest BCUT2D eigenvalue weighted by Gasteiger charge is 2.37. The summed E-state index contributed by atoms with van der Waals surface area (Å²) in [6, 6.07) is 32.5. The van der Waals surface area contributed by atoms with Crippen LogP contribution in [0, 0.1) is 41.3 Å². The predicted molar refractivity (Wildman–Crippen MR) is 490 cm³/mol. The lowest BCUT2D eigenvalue weighted by atomic mass is 9.99. The van der Waals surface area contributed by atoms with E-state index in [2.05, 4.69) is 80.7 Å². The first kappa shape index (κ1) is 104. The zero-order chi connectivity index (χ0) is 94.6. The van der Waals surface area contributed by atoms with Crippen molar-refractivity contribution in [2.24, 2.45) is 68.4 Å². The average molecular weight is 1820 g/mol. The van der Waals surface area contributed by atoms with Crippen molar-refractivity contribution >= 4 is 76.7 Å². The molecule has 6 aromatic carbocycles. The van der Waals surface area contributed by atoms with E-state index in [-0.39, 0.29) is 110 Å². The van der Waals surface area contributed by atoms with Gasteiger partial charge in [0.25, 0.3) is 0 Å². The number of hydrogen-bond acceptors (Lipinski definition) is 18. The third kappa shape index (κ3) is 36.1. The van der Waals surface area contributed by atoms with Crippen molar-refractivity contribution in [3.05, 3.63) is 195 Å². The summed E-state index contributed by atoms with van der Waals surface area (Å²) in [6.07, 6.45) is -2.18. The van der Waals surface area contributed by atoms with E-state index >= 15 is 0 Å². The van der Waals surface area contributed by atoms with Crippen molar-refractivity contribution in [1.29, 1.82) is 0 Å². The summed E-state index contributed by atoms with van der Waals surface area (Å²) in [7, 11) is 3.66. The number of para-hydroxylation sites is 3. The summed E-state index contributed by atoms with van der Waals surface area (Å²) in [5.74, 6) is -3.72. The molecule has 0 saturated heterocycles. The number of carbonyl (C=O) groups excluding carboxylic acids is 9. The second-order valence-corrected chi connectivity index (χ2v) is 34.8. The van der Waals surface area contributed by atoms with Gasteiger partial charge in [0.1, 0.15) is 79.1 Å². The molecule has 20 N–H and O–H groups in total. The van der Waals surface area contributed by atoms with Crippen molar-refractivity contribution in [1.82, 2.24) is 68.7 Å². The number of alkyl halides is 3. The molecule has 6 aromatic rings. The fourth-order valence-electron chi connectivity index (χ4n) is 14.5. The number of fused-ring (bicyclic) bond motifs is 3. The first-order valence-corrected chi connectivity index (χ1v) is 44.0. The molecule has 13 atom stereocenters. The number of nitrogens with one attached hydrogen (secondary N) is 12. The highest BCUT2D eigenvalue weighted by Crippen LogP contribution is 2.31. The Kier molecular flexibility index (Phi) is 42.2. The van der Waals surface area contributed by atoms with Gasteiger partial charge in [-0.25, -0.2) is 4.39 Å². The van der Waals surface area contributed by atoms with Crippen LogP contribution < -0.4 is 101 Å². The molecule has 0 spiro atoms. The Morgan fingerprint density at radius 3 is 1.20 bits per heavy atom. The molecule has 31 nitrogen and oxygen atoms in total. The maximum atomic E-state index is 13.9. The van der Waals surface area contributed by atoms with E-state index in [4.69, 9.17) is 48.7 Å². The maximum Gasteiger partial charge on any atom is 0.416 e. The fraction of sp³-hybridized carbons (Fsp3) is 0.495. The standard InChI is InChI=1S/C31H44ClN7O4.C31H42F3N7O4.C31H44FN5O4/c1-18(2)27-30(42)38-25(16-36-31(33)34)28(40)35-15-19(3)12-22-9-5-6-11-26(22)43-17-20(4)37-24(29(41)39-27)14-21-8-7-10-23(32)13-21;1-18(2)26-29(44)40-24(17-39-30(35)36)27(42)38-16-19(3)13-21-8-4-5-10-25(21)45-12-11-37-23(28(43)41-26)15-20-7-6-9-22(14-20)31(32,33)34;1-20(2)28-31(40)35-26(19-37(4)5)29(38)34-18-21(3)15-23-10-6-7-12-27(23)41-14-13-33-25(30(39)36-28)17-22-9-8-11-24(32)16-22/h5-11,13,18-20,24-25,27,37H,12,14-17H2,1-4H3,(H,35,40)(H,38,42)(H,39,41)(H4,33,34,36);4-10,14,18-19,23-24,26,37H,11-13,15-17H2,1-3H3,(H,38,42)(H,40,44)(H,41,43)(H4,35,36,39);6-12,16,20-21,25-26,28,33H,13-15,17-19H2,1-5H3,(H,34,38)(H,35,40)(H,36,39)/t19-,20-,24-,25+,27-;19-,23-,24+,26-;21-,25-,26+,28-/m111/s1. The number of guanidine groups is 2. The number of nitrogens with two attached hydrogens (primary N) is 4. The molecule has 0 aromatic heterocycles. The molecule has 129 heavy (non-hydrogen) atoms. The lowest BCUT2D eigenvalue weighted by Gasteiger charge is -2.29. The zero-order valence-electron chi connectivity index (χ0n) is 75.6. The molecule has 9 rings (SSSR count). The number of rotatable bonds is 15. The average Bonchev–Trinajstić information content (AvgIpc) is 0.854. The maximum absolute atomic E-state index is 13.9. The smallest absolute Gasteiger partial charge is 0.416 e. The fourth-order valence-corrected chi connectivity index (χ4v) is 14.7. The monoisotopic (exact) mass is 1820 g/mol. The Morgan fingerprint density at radius 1 is 0.442 bits per heavy atom. The first-order chi connectivity index (χ1) is 61.2. The van der Waals surface area contributed by atoms with E-state index in [9.17, 15) is 60.7 Å². The molecule has 3 aliphatic heterocycles. The van der Waals surface area contributed by atoms with Crippen LogP contribution >= 0.6 is 11.6 Å². The second kappa shape index (κ2) is 52.1. The summed E-state index contributed by atoms with van der Waals surface area (Å²) in [5, 5.41) is 35.7. The number of amides is 9. The molecule has 0 unspecified atom stereocenters. The van der Waals surface area contributed by atoms with Crippen LogP contribution in [0.15, 0.2) is 156 Å². The molecule has 0 aliphatic carbocycles. The van der Waals surface area contributed by atoms with Crippen LogP contribution in [-0.2, 0) is 87.9 Å². The molecule has 0 bridgehead atoms. The summed E-state index contributed by atoms with van der Waals surface area (Å²) in [5.41, 5.74) is 25.9. The van der Waals surface area contributed by atoms with Gasteiger partial charge < -0.3 is 101 Å². The van der Waals surface area contributed by atoms with Crippen molar-refractivity contribution in [2.45, 2.75) is 174 Å². The lowest BCUT2D eigenvalue weighted by Crippen LogP contribution is -2.60. The topological polar surface area (TPSA) is 458 Å². The summed E-state index contributed by atoms with van der Waals surface area (Å²) < 4.78 is 72.4. The molecule has 0 saturated carbocycles. The van der Waals surface area contributed by atoms with Gasteiger partial charge in [-0.1, -0.05) is 171 Å². The number of carbonyl (C=O) groups is 9. The van der Waals surface area contributed by atoms with Gasteiger partial charge in [-0.2, -0.15) is 13.2 Å². The van der Waals surface area contributed by atoms with Crippen molar-refractivity contribution < 1.29 is 74.9 Å². The summed E-state index contributed by atoms with van der Waals surface area (Å²) in [6.45, 7) is 21.0. The van der Waals surface area contributed by atoms with Crippen molar-refractivity contribution in [3.8, 4) is 17.2 Å². The lowest BCUT2D eigenvalue weighted by molar-refractivity contribution is -0.137. The van der Waals surface area contributed by atoms with Crippen LogP contribution in [0.5, 0.6) is 17.2 Å².